The van der Waals surface area contributed by atoms with Gasteiger partial charge in [-0.3, -0.25) is 4.79 Å². The number of ether oxygens (including phenoxy) is 1. The minimum Gasteiger partial charge on any atom is -0.497 e. The normalized spacial score (nSPS) is 16.9. The summed E-state index contributed by atoms with van der Waals surface area (Å²) in [6, 6.07) is 9.18. The summed E-state index contributed by atoms with van der Waals surface area (Å²) in [7, 11) is -1.84. The van der Waals surface area contributed by atoms with Gasteiger partial charge in [0, 0.05) is 25.6 Å². The molecule has 0 radical (unpaired) electrons. The van der Waals surface area contributed by atoms with Gasteiger partial charge in [-0.15, -0.1) is 11.3 Å². The van der Waals surface area contributed by atoms with Crippen LogP contribution >= 0.6 is 22.7 Å². The molecule has 30 heavy (non-hydrogen) atoms. The molecule has 0 spiro atoms. The van der Waals surface area contributed by atoms with Gasteiger partial charge < -0.3 is 9.30 Å². The van der Waals surface area contributed by atoms with E-state index in [-0.39, 0.29) is 11.8 Å². The fourth-order valence-corrected chi connectivity index (χ4v) is 7.38. The number of carbonyl (C=O) groups is 1. The minimum absolute atomic E-state index is 0.177. The molecule has 160 valence electrons. The Hall–Kier alpha value is -2.01. The molecule has 3 heterocycles. The fraction of sp³-hybridized carbons (Fsp3) is 0.400. The maximum Gasteiger partial charge on any atom is 0.252 e. The molecule has 0 aliphatic carbocycles. The van der Waals surface area contributed by atoms with Crippen molar-refractivity contribution in [3.63, 3.8) is 0 Å². The molecule has 4 rings (SSSR count). The second-order valence-corrected chi connectivity index (χ2v) is 11.1. The standard InChI is InChI=1S/C20H23N3O4S3/c1-3-23-16-7-6-15(27-2)13-17(16)29-20(23)21-19(24)14-8-10-22(11-9-14)30(25,26)18-5-4-12-28-18/h4-7,12-14H,3,8-11H2,1-2H3. The molecule has 0 N–H and O–H groups in total. The number of methoxy groups -OCH3 is 1. The van der Waals surface area contributed by atoms with Crippen molar-refractivity contribution in [1.29, 1.82) is 0 Å². The van der Waals surface area contributed by atoms with E-state index in [0.717, 1.165) is 16.0 Å². The first kappa shape index (κ1) is 21.2. The van der Waals surface area contributed by atoms with Crippen LogP contribution in [-0.4, -0.2) is 43.4 Å². The molecule has 1 aliphatic heterocycles. The summed E-state index contributed by atoms with van der Waals surface area (Å²) >= 11 is 2.68. The van der Waals surface area contributed by atoms with Crippen LogP contribution in [0.4, 0.5) is 0 Å². The summed E-state index contributed by atoms with van der Waals surface area (Å²) in [6.07, 6.45) is 0.968. The molecule has 1 saturated heterocycles. The van der Waals surface area contributed by atoms with Gasteiger partial charge in [-0.05, 0) is 49.4 Å². The number of sulfonamides is 1. The van der Waals surface area contributed by atoms with Crippen LogP contribution in [0.25, 0.3) is 10.2 Å². The van der Waals surface area contributed by atoms with Gasteiger partial charge in [-0.1, -0.05) is 17.4 Å². The van der Waals surface area contributed by atoms with Gasteiger partial charge >= 0.3 is 0 Å². The second-order valence-electron chi connectivity index (χ2n) is 7.02. The number of aromatic nitrogens is 1. The summed E-state index contributed by atoms with van der Waals surface area (Å²) in [5, 5.41) is 1.76. The van der Waals surface area contributed by atoms with E-state index in [1.807, 2.05) is 29.7 Å². The molecule has 1 aliphatic rings. The van der Waals surface area contributed by atoms with E-state index in [0.29, 0.717) is 41.5 Å². The van der Waals surface area contributed by atoms with Gasteiger partial charge in [-0.25, -0.2) is 8.42 Å². The number of hydrogen-bond donors (Lipinski definition) is 0. The van der Waals surface area contributed by atoms with Crippen LogP contribution in [0.1, 0.15) is 19.8 Å². The molecule has 3 aromatic rings. The number of fused-ring (bicyclic) bond motifs is 1. The van der Waals surface area contributed by atoms with E-state index in [1.165, 1.54) is 27.0 Å². The van der Waals surface area contributed by atoms with Gasteiger partial charge in [0.25, 0.3) is 15.9 Å². The largest absolute Gasteiger partial charge is 0.497 e. The zero-order valence-corrected chi connectivity index (χ0v) is 19.2. The average molecular weight is 466 g/mol. The molecule has 7 nitrogen and oxygen atoms in total. The third-order valence-corrected chi connectivity index (χ3v) is 9.62. The smallest absolute Gasteiger partial charge is 0.252 e. The number of thiazole rings is 1. The molecule has 0 unspecified atom stereocenters. The summed E-state index contributed by atoms with van der Waals surface area (Å²) in [5.41, 5.74) is 1.02. The van der Waals surface area contributed by atoms with Gasteiger partial charge in [-0.2, -0.15) is 9.30 Å². The number of thiophene rings is 1. The Balaban J connectivity index is 1.53. The van der Waals surface area contributed by atoms with Gasteiger partial charge in [0.2, 0.25) is 0 Å². The molecular formula is C20H23N3O4S3. The van der Waals surface area contributed by atoms with Crippen molar-refractivity contribution in [1.82, 2.24) is 8.87 Å². The van der Waals surface area contributed by atoms with Crippen LogP contribution < -0.4 is 9.54 Å². The average Bonchev–Trinajstić information content (AvgIpc) is 3.41. The SMILES string of the molecule is CCn1c(=NC(=O)C2CCN(S(=O)(=O)c3cccs3)CC2)sc2cc(OC)ccc21. The maximum absolute atomic E-state index is 12.9. The van der Waals surface area contributed by atoms with E-state index < -0.39 is 10.0 Å². The first-order valence-electron chi connectivity index (χ1n) is 9.73. The molecule has 1 amide bonds. The predicted molar refractivity (Wildman–Crippen MR) is 118 cm³/mol. The topological polar surface area (TPSA) is 81.0 Å². The zero-order valence-electron chi connectivity index (χ0n) is 16.8. The molecule has 2 aromatic heterocycles. The first-order chi connectivity index (χ1) is 14.4. The number of amides is 1. The third kappa shape index (κ3) is 3.96. The second kappa shape index (κ2) is 8.62. The van der Waals surface area contributed by atoms with E-state index in [2.05, 4.69) is 4.99 Å². The van der Waals surface area contributed by atoms with Crippen LogP contribution in [0.15, 0.2) is 44.9 Å². The zero-order chi connectivity index (χ0) is 21.3. The number of hydrogen-bond acceptors (Lipinski definition) is 6. The Morgan fingerprint density at radius 1 is 1.27 bits per heavy atom. The van der Waals surface area contributed by atoms with Gasteiger partial charge in [0.15, 0.2) is 4.80 Å². The molecular weight excluding hydrogens is 442 g/mol. The number of benzene rings is 1. The number of piperidine rings is 1. The van der Waals surface area contributed by atoms with Crippen LogP contribution in [0.2, 0.25) is 0 Å². The Kier molecular flexibility index (Phi) is 6.10. The Morgan fingerprint density at radius 3 is 2.67 bits per heavy atom. The quantitative estimate of drug-likeness (QED) is 0.579. The molecule has 1 fully saturated rings. The van der Waals surface area contributed by atoms with Crippen LogP contribution in [0.5, 0.6) is 5.75 Å². The third-order valence-electron chi connectivity index (χ3n) is 5.30. The maximum atomic E-state index is 12.9. The Bertz CT molecular complexity index is 1220. The van der Waals surface area contributed by atoms with Gasteiger partial charge in [0.05, 0.1) is 17.3 Å². The monoisotopic (exact) mass is 465 g/mol. The van der Waals surface area contributed by atoms with Crippen molar-refractivity contribution in [3.8, 4) is 5.75 Å². The fourth-order valence-electron chi connectivity index (χ4n) is 3.64. The van der Waals surface area contributed by atoms with E-state index in [4.69, 9.17) is 4.74 Å². The molecule has 0 atom stereocenters. The number of nitrogens with zero attached hydrogens (tertiary/aromatic N) is 3. The van der Waals surface area contributed by atoms with Crippen LogP contribution in [0, 0.1) is 5.92 Å². The molecule has 10 heteroatoms. The summed E-state index contributed by atoms with van der Waals surface area (Å²) in [6.45, 7) is 3.40. The lowest BCUT2D eigenvalue weighted by Gasteiger charge is -2.29. The highest BCUT2D eigenvalue weighted by molar-refractivity contribution is 7.91. The highest BCUT2D eigenvalue weighted by atomic mass is 32.2. The lowest BCUT2D eigenvalue weighted by atomic mass is 9.98. The van der Waals surface area contributed by atoms with Crippen LogP contribution in [0.3, 0.4) is 0 Å². The number of carbonyl (C=O) groups excluding carboxylic acids is 1. The molecule has 0 saturated carbocycles. The van der Waals surface area contributed by atoms with E-state index in [9.17, 15) is 13.2 Å². The van der Waals surface area contributed by atoms with Crippen molar-refractivity contribution < 1.29 is 17.9 Å². The first-order valence-corrected chi connectivity index (χ1v) is 12.9. The van der Waals surface area contributed by atoms with Crippen molar-refractivity contribution >= 4 is 48.8 Å². The summed E-state index contributed by atoms with van der Waals surface area (Å²) in [5.74, 6) is 0.331. The van der Waals surface area contributed by atoms with Crippen LogP contribution in [-0.2, 0) is 21.4 Å². The Morgan fingerprint density at radius 2 is 2.03 bits per heavy atom. The molecule has 0 bridgehead atoms. The predicted octanol–water partition coefficient (Wildman–Crippen LogP) is 3.32. The van der Waals surface area contributed by atoms with E-state index >= 15 is 0 Å². The van der Waals surface area contributed by atoms with Gasteiger partial charge in [0.1, 0.15) is 9.96 Å². The summed E-state index contributed by atoms with van der Waals surface area (Å²) < 4.78 is 35.5. The minimum atomic E-state index is -3.47. The number of aryl methyl sites for hydroxylation is 1. The lowest BCUT2D eigenvalue weighted by molar-refractivity contribution is -0.122. The van der Waals surface area contributed by atoms with Crippen molar-refractivity contribution in [2.24, 2.45) is 10.9 Å². The Labute approximate surface area is 183 Å². The van der Waals surface area contributed by atoms with Crippen molar-refractivity contribution in [2.45, 2.75) is 30.5 Å². The lowest BCUT2D eigenvalue weighted by Crippen LogP contribution is -2.40. The molecule has 1 aromatic carbocycles. The van der Waals surface area contributed by atoms with E-state index in [1.54, 1.807) is 24.6 Å². The highest BCUT2D eigenvalue weighted by Crippen LogP contribution is 2.27. The summed E-state index contributed by atoms with van der Waals surface area (Å²) in [4.78, 5) is 17.9. The highest BCUT2D eigenvalue weighted by Gasteiger charge is 2.32. The van der Waals surface area contributed by atoms with Crippen molar-refractivity contribution in [2.75, 3.05) is 20.2 Å². The van der Waals surface area contributed by atoms with Crippen molar-refractivity contribution in [3.05, 3.63) is 40.5 Å². The number of rotatable bonds is 5.